The molecule has 0 aliphatic carbocycles. The first-order chi connectivity index (χ1) is 21.3. The Labute approximate surface area is 261 Å². The van der Waals surface area contributed by atoms with Crippen molar-refractivity contribution in [3.8, 4) is 23.0 Å². The molecule has 4 rings (SSSR count). The molecule has 0 spiro atoms. The third-order valence-corrected chi connectivity index (χ3v) is 8.80. The fourth-order valence-electron chi connectivity index (χ4n) is 6.48. The second-order valence-corrected chi connectivity index (χ2v) is 12.0. The van der Waals surface area contributed by atoms with E-state index in [9.17, 15) is 14.7 Å². The number of nitrogens with zero attached hydrogens (tertiary/aromatic N) is 3. The van der Waals surface area contributed by atoms with E-state index in [1.165, 1.54) is 0 Å². The number of carboxylic acids is 1. The van der Waals surface area contributed by atoms with Gasteiger partial charge in [-0.2, -0.15) is 0 Å². The maximum absolute atomic E-state index is 13.9. The molecule has 0 radical (unpaired) electrons. The van der Waals surface area contributed by atoms with E-state index in [-0.39, 0.29) is 31.2 Å². The molecule has 2 aliphatic rings. The Bertz CT molecular complexity index is 1250. The second-order valence-electron chi connectivity index (χ2n) is 12.0. The summed E-state index contributed by atoms with van der Waals surface area (Å²) in [5, 5.41) is 10.7. The Morgan fingerprint density at radius 2 is 1.73 bits per heavy atom. The van der Waals surface area contributed by atoms with Gasteiger partial charge in [-0.1, -0.05) is 31.5 Å². The quantitative estimate of drug-likeness (QED) is 0.259. The summed E-state index contributed by atoms with van der Waals surface area (Å²) in [5.41, 5.74) is 1.83. The van der Waals surface area contributed by atoms with Gasteiger partial charge in [-0.15, -0.1) is 0 Å². The van der Waals surface area contributed by atoms with Gasteiger partial charge in [-0.3, -0.25) is 14.5 Å². The molecule has 1 fully saturated rings. The topological polar surface area (TPSA) is 101 Å². The normalized spacial score (nSPS) is 19.4. The molecule has 1 unspecified atom stereocenters. The lowest BCUT2D eigenvalue weighted by Gasteiger charge is -2.30. The van der Waals surface area contributed by atoms with E-state index in [2.05, 4.69) is 30.8 Å². The molecule has 44 heavy (non-hydrogen) atoms. The Balaban J connectivity index is 1.62. The van der Waals surface area contributed by atoms with Gasteiger partial charge in [0.15, 0.2) is 11.5 Å². The first kappa shape index (κ1) is 33.4. The summed E-state index contributed by atoms with van der Waals surface area (Å²) in [5.74, 6) is 0.455. The minimum absolute atomic E-state index is 0.0543. The summed E-state index contributed by atoms with van der Waals surface area (Å²) in [7, 11) is 7.33. The van der Waals surface area contributed by atoms with E-state index in [1.54, 1.807) is 14.2 Å². The van der Waals surface area contributed by atoms with E-state index in [0.717, 1.165) is 49.1 Å². The van der Waals surface area contributed by atoms with Crippen molar-refractivity contribution < 1.29 is 33.6 Å². The van der Waals surface area contributed by atoms with Crippen molar-refractivity contribution in [3.05, 3.63) is 47.5 Å². The lowest BCUT2D eigenvalue weighted by molar-refractivity contribution is -0.143. The molecule has 1 saturated heterocycles. The molecular formula is C34H49N3O7. The van der Waals surface area contributed by atoms with Gasteiger partial charge >= 0.3 is 5.97 Å². The number of methoxy groups -OCH3 is 2. The highest BCUT2D eigenvalue weighted by atomic mass is 16.7. The highest BCUT2D eigenvalue weighted by molar-refractivity contribution is 5.79. The van der Waals surface area contributed by atoms with Gasteiger partial charge < -0.3 is 33.9 Å². The predicted octanol–water partition coefficient (Wildman–Crippen LogP) is 4.50. The van der Waals surface area contributed by atoms with Gasteiger partial charge in [0.25, 0.3) is 0 Å². The minimum atomic E-state index is -0.877. The molecule has 2 aromatic rings. The largest absolute Gasteiger partial charge is 0.496 e. The minimum Gasteiger partial charge on any atom is -0.496 e. The maximum Gasteiger partial charge on any atom is 0.308 e. The number of carboxylic acid groups (broad SMARTS) is 1. The summed E-state index contributed by atoms with van der Waals surface area (Å²) in [4.78, 5) is 33.1. The number of para-hydroxylation sites is 1. The zero-order valence-corrected chi connectivity index (χ0v) is 26.9. The van der Waals surface area contributed by atoms with E-state index in [1.807, 2.05) is 41.3 Å². The van der Waals surface area contributed by atoms with Crippen LogP contribution in [0.2, 0.25) is 0 Å². The van der Waals surface area contributed by atoms with Crippen molar-refractivity contribution in [1.82, 2.24) is 14.7 Å². The maximum atomic E-state index is 13.9. The van der Waals surface area contributed by atoms with Crippen molar-refractivity contribution in [2.45, 2.75) is 57.4 Å². The molecule has 2 aromatic carbocycles. The zero-order valence-electron chi connectivity index (χ0n) is 26.9. The Morgan fingerprint density at radius 1 is 1.00 bits per heavy atom. The number of amides is 1. The Hall–Kier alpha value is -3.50. The number of unbranched alkanes of at least 4 members (excludes halogenated alkanes) is 2. The molecule has 242 valence electrons. The number of ether oxygens (including phenoxy) is 4. The van der Waals surface area contributed by atoms with Gasteiger partial charge in [-0.25, -0.2) is 0 Å². The van der Waals surface area contributed by atoms with E-state index < -0.39 is 11.9 Å². The average Bonchev–Trinajstić information content (AvgIpc) is 3.63. The monoisotopic (exact) mass is 611 g/mol. The summed E-state index contributed by atoms with van der Waals surface area (Å²) in [6.45, 7) is 5.23. The number of rotatable bonds is 17. The molecule has 3 atom stereocenters. The number of hydrogen-bond donors (Lipinski definition) is 1. The summed E-state index contributed by atoms with van der Waals surface area (Å²) in [6, 6.07) is 11.2. The van der Waals surface area contributed by atoms with E-state index in [4.69, 9.17) is 18.9 Å². The molecule has 10 heteroatoms. The first-order valence-corrected chi connectivity index (χ1v) is 15.8. The van der Waals surface area contributed by atoms with E-state index in [0.29, 0.717) is 49.7 Å². The van der Waals surface area contributed by atoms with Crippen molar-refractivity contribution in [2.24, 2.45) is 5.92 Å². The number of carbonyl (C=O) groups is 2. The average molecular weight is 612 g/mol. The second kappa shape index (κ2) is 16.0. The van der Waals surface area contributed by atoms with Gasteiger partial charge in [0.1, 0.15) is 5.75 Å². The van der Waals surface area contributed by atoms with Gasteiger partial charge in [-0.05, 0) is 82.1 Å². The Kier molecular flexibility index (Phi) is 12.1. The number of fused-ring (bicyclic) bond motifs is 1. The van der Waals surface area contributed by atoms with Crippen LogP contribution in [-0.2, 0) is 16.0 Å². The Morgan fingerprint density at radius 3 is 2.43 bits per heavy atom. The highest BCUT2D eigenvalue weighted by Crippen LogP contribution is 2.47. The lowest BCUT2D eigenvalue weighted by Crippen LogP contribution is -2.45. The molecule has 2 aliphatic heterocycles. The third-order valence-electron chi connectivity index (χ3n) is 8.80. The van der Waals surface area contributed by atoms with Crippen LogP contribution >= 0.6 is 0 Å². The summed E-state index contributed by atoms with van der Waals surface area (Å²) < 4.78 is 22.4. The standard InChI is InChI=1S/C34H49N3O7/c1-6-7-17-36(18-11-10-16-35(2)3)31(38)22-37-21-26(25-19-29(42-5)33-30(20-25)43-23-44-33)32(34(39)40)27(37)15-14-24-12-8-9-13-28(24)41-4/h8-9,12-13,19-20,26-27,32H,6-7,10-11,14-18,21-23H2,1-5H3,(H,39,40)/t26-,27+,32?/m1/s1. The van der Waals surface area contributed by atoms with Crippen LogP contribution in [0.15, 0.2) is 36.4 Å². The van der Waals surface area contributed by atoms with Crippen LogP contribution in [0.4, 0.5) is 0 Å². The van der Waals surface area contributed by atoms with Gasteiger partial charge in [0, 0.05) is 31.6 Å². The van der Waals surface area contributed by atoms with Crippen molar-refractivity contribution in [1.29, 1.82) is 0 Å². The number of likely N-dealkylation sites (tertiary alicyclic amines) is 1. The molecule has 1 amide bonds. The smallest absolute Gasteiger partial charge is 0.308 e. The lowest BCUT2D eigenvalue weighted by atomic mass is 9.83. The SMILES string of the molecule is CCCCN(CCCCN(C)C)C(=O)CN1C[C@H](c2cc(OC)c3c(c2)OCO3)C(C(=O)O)[C@@H]1CCc1ccccc1OC. The molecule has 2 heterocycles. The summed E-state index contributed by atoms with van der Waals surface area (Å²) in [6.07, 6.45) is 5.09. The number of benzene rings is 2. The molecule has 1 N–H and O–H groups in total. The molecule has 0 aromatic heterocycles. The number of aryl methyl sites for hydroxylation is 1. The van der Waals surface area contributed by atoms with Crippen molar-refractivity contribution >= 4 is 11.9 Å². The van der Waals surface area contributed by atoms with Gasteiger partial charge in [0.05, 0.1) is 26.7 Å². The van der Waals surface area contributed by atoms with Crippen LogP contribution in [0.3, 0.4) is 0 Å². The molecule has 0 bridgehead atoms. The summed E-state index contributed by atoms with van der Waals surface area (Å²) >= 11 is 0. The van der Waals surface area contributed by atoms with Crippen LogP contribution < -0.4 is 18.9 Å². The van der Waals surface area contributed by atoms with E-state index >= 15 is 0 Å². The van der Waals surface area contributed by atoms with Crippen LogP contribution in [0.5, 0.6) is 23.0 Å². The third kappa shape index (κ3) is 8.15. The fraction of sp³-hybridized carbons (Fsp3) is 0.588. The highest BCUT2D eigenvalue weighted by Gasteiger charge is 2.47. The van der Waals surface area contributed by atoms with Gasteiger partial charge in [0.2, 0.25) is 18.4 Å². The number of aliphatic carboxylic acids is 1. The number of carbonyl (C=O) groups excluding carboxylic acids is 1. The van der Waals surface area contributed by atoms with Crippen LogP contribution in [0.25, 0.3) is 0 Å². The first-order valence-electron chi connectivity index (χ1n) is 15.8. The predicted molar refractivity (Wildman–Crippen MR) is 169 cm³/mol. The van der Waals surface area contributed by atoms with Crippen LogP contribution in [0, 0.1) is 5.92 Å². The molecular weight excluding hydrogens is 562 g/mol. The number of hydrogen-bond acceptors (Lipinski definition) is 8. The van der Waals surface area contributed by atoms with Crippen molar-refractivity contribution in [3.63, 3.8) is 0 Å². The fourth-order valence-corrected chi connectivity index (χ4v) is 6.48. The molecule has 10 nitrogen and oxygen atoms in total. The zero-order chi connectivity index (χ0) is 31.6. The van der Waals surface area contributed by atoms with Crippen LogP contribution in [-0.4, -0.2) is 106 Å². The van der Waals surface area contributed by atoms with Crippen LogP contribution in [0.1, 0.15) is 56.1 Å². The van der Waals surface area contributed by atoms with Crippen molar-refractivity contribution in [2.75, 3.05) is 67.8 Å². The molecule has 0 saturated carbocycles.